The molecule has 0 spiro atoms. The van der Waals surface area contributed by atoms with E-state index in [2.05, 4.69) is 126 Å². The molecule has 0 fully saturated rings. The maximum Gasteiger partial charge on any atom is 2.00 e. The van der Waals surface area contributed by atoms with Gasteiger partial charge in [0.2, 0.25) is 0 Å². The van der Waals surface area contributed by atoms with Crippen molar-refractivity contribution in [3.63, 3.8) is 0 Å². The normalized spacial score (nSPS) is 10.7. The van der Waals surface area contributed by atoms with Gasteiger partial charge < -0.3 is 21.4 Å². The van der Waals surface area contributed by atoms with Crippen molar-refractivity contribution >= 4 is 18.5 Å². The van der Waals surface area contributed by atoms with Crippen LogP contribution in [-0.2, 0) is 109 Å². The van der Waals surface area contributed by atoms with E-state index in [9.17, 15) is 0 Å². The molecule has 0 saturated heterocycles. The van der Waals surface area contributed by atoms with E-state index in [0.717, 1.165) is 0 Å². The van der Waals surface area contributed by atoms with Gasteiger partial charge in [0, 0.05) is 0 Å². The Bertz CT molecular complexity index is 1400. The number of aryl methyl sites for hydroxylation is 6. The van der Waals surface area contributed by atoms with E-state index in [1.807, 2.05) is 0 Å². The van der Waals surface area contributed by atoms with E-state index >= 15 is 0 Å². The fraction of sp³-hybridized carbons (Fsp3) is 0.750. The van der Waals surface area contributed by atoms with Gasteiger partial charge >= 0.3 is 58.4 Å². The van der Waals surface area contributed by atoms with Gasteiger partial charge in [-0.15, -0.1) is 0 Å². The quantitative estimate of drug-likeness (QED) is 0.0244. The van der Waals surface area contributed by atoms with Crippen LogP contribution in [0.4, 0.5) is 0 Å². The fourth-order valence-corrected chi connectivity index (χ4v) is 10.5. The Balaban J connectivity index is -0.000000509. The first-order chi connectivity index (χ1) is 37.6. The summed E-state index contributed by atoms with van der Waals surface area (Å²) in [4.78, 5) is 26.8. The SMILES string of the molecule is CCCCCCCCCc1[c-]cccc1CCCCCCCCC.CCCCCCCCCc1[c-]cccc1CCCCCCCCC.CCCCCCCCCc1[c-]cccc1CCCCCCCCC.[O-]P([O-])([O-])=S.[Zn+2].[Zn+2].[Zn+2]. The standard InChI is InChI=1S/3C24H41.H3O3PS.3Zn/c3*1-3-5-7-9-11-13-15-19-23-21-17-18-22-24(23)20-16-14-12-10-8-6-4-2;1-4(2,3)5;;;/h3*17-18,21H,3-16,19-20H2,1-2H3;(H3,1,2,3,5);;;/q3*-1;;3*+2/p-3. The van der Waals surface area contributed by atoms with Crippen LogP contribution in [0.2, 0.25) is 0 Å². The van der Waals surface area contributed by atoms with E-state index in [0.29, 0.717) is 0 Å². The number of rotatable bonds is 48. The molecule has 3 rings (SSSR count). The largest absolute Gasteiger partial charge is 2.00 e. The van der Waals surface area contributed by atoms with Crippen molar-refractivity contribution < 1.29 is 73.1 Å². The summed E-state index contributed by atoms with van der Waals surface area (Å²) in [5.41, 5.74) is 9.19. The summed E-state index contributed by atoms with van der Waals surface area (Å²) in [6.45, 7) is 9.18. The summed E-state index contributed by atoms with van der Waals surface area (Å²) in [6.07, 6.45) is 66.2. The molecule has 3 aromatic rings. The van der Waals surface area contributed by atoms with Crippen molar-refractivity contribution in [2.75, 3.05) is 0 Å². The third-order valence-electron chi connectivity index (χ3n) is 15.4. The zero-order valence-corrected chi connectivity index (χ0v) is 64.5. The molecule has 0 unspecified atom stereocenters. The molecule has 3 aromatic carbocycles. The minimum absolute atomic E-state index is 0. The van der Waals surface area contributed by atoms with Crippen LogP contribution in [-0.4, -0.2) is 0 Å². The molecule has 0 amide bonds. The maximum absolute atomic E-state index is 8.92. The zero-order chi connectivity index (χ0) is 56.4. The number of unbranched alkanes of at least 4 members (excludes halogenated alkanes) is 36. The number of hydrogen-bond acceptors (Lipinski definition) is 4. The molecular formula is C72H123O3PSZn3. The summed E-state index contributed by atoms with van der Waals surface area (Å²) in [7, 11) is 0. The summed E-state index contributed by atoms with van der Waals surface area (Å²) < 4.78 is 0. The van der Waals surface area contributed by atoms with E-state index in [4.69, 9.17) is 14.7 Å². The molecule has 0 aliphatic carbocycles. The van der Waals surface area contributed by atoms with Gasteiger partial charge in [0.05, 0.1) is 0 Å². The Labute approximate surface area is 543 Å². The Kier molecular flexibility index (Phi) is 73.7. The Morgan fingerprint density at radius 1 is 0.275 bits per heavy atom. The molecule has 0 atom stereocenters. The second-order valence-corrected chi connectivity index (χ2v) is 24.9. The van der Waals surface area contributed by atoms with Crippen molar-refractivity contribution in [1.82, 2.24) is 0 Å². The molecule has 0 bridgehead atoms. The van der Waals surface area contributed by atoms with Crippen LogP contribution in [0.15, 0.2) is 54.6 Å². The van der Waals surface area contributed by atoms with Gasteiger partial charge in [-0.25, -0.2) is 0 Å². The first-order valence-electron chi connectivity index (χ1n) is 33.3. The molecule has 0 heterocycles. The van der Waals surface area contributed by atoms with Crippen LogP contribution >= 0.6 is 6.72 Å². The Hall–Kier alpha value is 0.0601. The average Bonchev–Trinajstić information content (AvgIpc) is 3.42. The van der Waals surface area contributed by atoms with Gasteiger partial charge in [-0.2, -0.15) is 118 Å². The molecule has 446 valence electrons. The first kappa shape index (κ1) is 86.5. The summed E-state index contributed by atoms with van der Waals surface area (Å²) in [5.74, 6) is 0. The minimum Gasteiger partial charge on any atom is -0.844 e. The van der Waals surface area contributed by atoms with Crippen molar-refractivity contribution in [3.05, 3.63) is 106 Å². The molecule has 0 N–H and O–H groups in total. The first-order valence-corrected chi connectivity index (χ1v) is 35.9. The van der Waals surface area contributed by atoms with Gasteiger partial charge in [-0.3, -0.25) is 0 Å². The smallest absolute Gasteiger partial charge is 0.844 e. The molecule has 0 radical (unpaired) electrons. The maximum atomic E-state index is 8.92. The molecule has 0 aliphatic rings. The second kappa shape index (κ2) is 68.2. The monoisotopic (exact) mass is 1290 g/mol. The van der Waals surface area contributed by atoms with Gasteiger partial charge in [0.1, 0.15) is 0 Å². The van der Waals surface area contributed by atoms with Crippen molar-refractivity contribution in [2.45, 2.75) is 350 Å². The molecule has 8 heteroatoms. The van der Waals surface area contributed by atoms with E-state index in [1.54, 1.807) is 16.7 Å². The predicted octanol–water partition coefficient (Wildman–Crippen LogP) is 21.5. The average molecular weight is 1300 g/mol. The van der Waals surface area contributed by atoms with E-state index in [-0.39, 0.29) is 58.4 Å². The van der Waals surface area contributed by atoms with Crippen LogP contribution in [0.1, 0.15) is 345 Å². The molecular weight excluding hydrogens is 1170 g/mol. The fourth-order valence-electron chi connectivity index (χ4n) is 10.5. The third-order valence-corrected chi connectivity index (χ3v) is 15.4. The molecule has 0 saturated carbocycles. The minimum atomic E-state index is -4.56. The van der Waals surface area contributed by atoms with Crippen LogP contribution in [0.5, 0.6) is 0 Å². The van der Waals surface area contributed by atoms with Gasteiger partial charge in [-0.1, -0.05) is 350 Å². The van der Waals surface area contributed by atoms with Crippen molar-refractivity contribution in [2.24, 2.45) is 0 Å². The summed E-state index contributed by atoms with van der Waals surface area (Å²) >= 11 is 3.27. The second-order valence-electron chi connectivity index (χ2n) is 22.7. The summed E-state index contributed by atoms with van der Waals surface area (Å²) in [5, 5.41) is 0. The van der Waals surface area contributed by atoms with Crippen LogP contribution in [0.25, 0.3) is 0 Å². The van der Waals surface area contributed by atoms with Crippen LogP contribution in [0.3, 0.4) is 0 Å². The predicted molar refractivity (Wildman–Crippen MR) is 340 cm³/mol. The van der Waals surface area contributed by atoms with Crippen molar-refractivity contribution in [1.29, 1.82) is 0 Å². The number of benzene rings is 3. The Morgan fingerprint density at radius 2 is 0.425 bits per heavy atom. The van der Waals surface area contributed by atoms with Crippen LogP contribution in [0, 0.1) is 18.2 Å². The zero-order valence-electron chi connectivity index (χ0n) is 53.8. The topological polar surface area (TPSA) is 69.2 Å². The number of hydrogen-bond donors (Lipinski definition) is 0. The van der Waals surface area contributed by atoms with Gasteiger partial charge in [0.25, 0.3) is 0 Å². The molecule has 80 heavy (non-hydrogen) atoms. The van der Waals surface area contributed by atoms with Gasteiger partial charge in [-0.05, 0) is 0 Å². The third kappa shape index (κ3) is 61.2. The van der Waals surface area contributed by atoms with Crippen molar-refractivity contribution in [3.8, 4) is 0 Å². The molecule has 0 aliphatic heterocycles. The summed E-state index contributed by atoms with van der Waals surface area (Å²) in [6, 6.07) is 30.4. The van der Waals surface area contributed by atoms with E-state index < -0.39 is 6.72 Å². The Morgan fingerprint density at radius 3 is 0.600 bits per heavy atom. The van der Waals surface area contributed by atoms with E-state index in [1.165, 1.54) is 325 Å². The van der Waals surface area contributed by atoms with Gasteiger partial charge in [0.15, 0.2) is 0 Å². The molecule has 3 nitrogen and oxygen atoms in total. The van der Waals surface area contributed by atoms with Crippen LogP contribution < -0.4 is 14.7 Å². The molecule has 0 aromatic heterocycles.